The number of benzene rings is 3. The van der Waals surface area contributed by atoms with Gasteiger partial charge in [-0.2, -0.15) is 0 Å². The van der Waals surface area contributed by atoms with E-state index in [2.05, 4.69) is 10.3 Å². The average Bonchev–Trinajstić information content (AvgIpc) is 3.16. The number of halogens is 1. The van der Waals surface area contributed by atoms with Crippen LogP contribution >= 0.6 is 0 Å². The molecule has 0 spiro atoms. The Kier molecular flexibility index (Phi) is 7.63. The number of fused-ring (bicyclic) bond motifs is 1. The maximum Gasteiger partial charge on any atom is 0.434 e. The van der Waals surface area contributed by atoms with Gasteiger partial charge in [-0.1, -0.05) is 71.8 Å². The topological polar surface area (TPSA) is 88.6 Å². The molecule has 1 heterocycles. The minimum atomic E-state index is -1.32. The molecule has 0 aliphatic carbocycles. The van der Waals surface area contributed by atoms with Gasteiger partial charge in [0, 0.05) is 6.54 Å². The molecule has 186 valence electrons. The van der Waals surface area contributed by atoms with Crippen LogP contribution in [0.5, 0.6) is 0 Å². The predicted molar refractivity (Wildman–Crippen MR) is 137 cm³/mol. The number of aryl methyl sites for hydroxylation is 2. The van der Waals surface area contributed by atoms with Gasteiger partial charge in [-0.3, -0.25) is 4.79 Å². The van der Waals surface area contributed by atoms with Crippen molar-refractivity contribution in [1.82, 2.24) is 14.5 Å². The minimum Gasteiger partial charge on any atom is -0.463 e. The molecule has 0 aliphatic heterocycles. The number of nitrogens with one attached hydrogen (secondary N) is 1. The lowest BCUT2D eigenvalue weighted by Gasteiger charge is -2.21. The van der Waals surface area contributed by atoms with Gasteiger partial charge in [-0.05, 0) is 43.5 Å². The molecule has 3 aromatic carbocycles. The number of carbonyl (C=O) groups excluding carboxylic acids is 1. The van der Waals surface area contributed by atoms with Gasteiger partial charge in [0.1, 0.15) is 0 Å². The lowest BCUT2D eigenvalue weighted by molar-refractivity contribution is -0.122. The summed E-state index contributed by atoms with van der Waals surface area (Å²) in [5.74, 6) is -0.718. The lowest BCUT2D eigenvalue weighted by Crippen LogP contribution is -2.38. The van der Waals surface area contributed by atoms with Crippen LogP contribution in [-0.4, -0.2) is 39.5 Å². The van der Waals surface area contributed by atoms with Crippen molar-refractivity contribution in [2.75, 3.05) is 13.2 Å². The maximum atomic E-state index is 13.0. The Hall–Kier alpha value is -4.20. The summed E-state index contributed by atoms with van der Waals surface area (Å²) in [6.45, 7) is 3.41. The van der Waals surface area contributed by atoms with Gasteiger partial charge >= 0.3 is 6.09 Å². The number of hydrogen-bond acceptors (Lipinski definition) is 2. The van der Waals surface area contributed by atoms with Crippen LogP contribution in [0.3, 0.4) is 0 Å². The fourth-order valence-corrected chi connectivity index (χ4v) is 4.36. The van der Waals surface area contributed by atoms with E-state index in [0.717, 1.165) is 33.3 Å². The molecule has 0 saturated carbocycles. The van der Waals surface area contributed by atoms with Crippen molar-refractivity contribution < 1.29 is 19.1 Å². The zero-order valence-electron chi connectivity index (χ0n) is 20.3. The number of rotatable bonds is 8. The Morgan fingerprint density at radius 3 is 2.08 bits per heavy atom. The largest absolute Gasteiger partial charge is 0.463 e. The first-order valence-electron chi connectivity index (χ1n) is 11.8. The summed E-state index contributed by atoms with van der Waals surface area (Å²) in [4.78, 5) is 27.7. The van der Waals surface area contributed by atoms with Gasteiger partial charge in [-0.15, -0.1) is 4.99 Å². The van der Waals surface area contributed by atoms with E-state index < -0.39 is 24.7 Å². The predicted octanol–water partition coefficient (Wildman–Crippen LogP) is 4.56. The first-order chi connectivity index (χ1) is 17.4. The molecule has 2 amide bonds. The van der Waals surface area contributed by atoms with E-state index in [1.807, 2.05) is 95.8 Å². The highest BCUT2D eigenvalue weighted by Crippen LogP contribution is 2.22. The van der Waals surface area contributed by atoms with Crippen LogP contribution in [0.1, 0.15) is 28.3 Å². The molecular weight excluding hydrogens is 459 g/mol. The lowest BCUT2D eigenvalue weighted by atomic mass is 10.0. The van der Waals surface area contributed by atoms with E-state index in [0.29, 0.717) is 13.0 Å². The summed E-state index contributed by atoms with van der Waals surface area (Å²) in [6.07, 6.45) is -0.836. The van der Waals surface area contributed by atoms with Gasteiger partial charge in [0.15, 0.2) is 6.67 Å². The first-order valence-corrected chi connectivity index (χ1v) is 11.8. The fourth-order valence-electron chi connectivity index (χ4n) is 4.36. The Morgan fingerprint density at radius 2 is 1.50 bits per heavy atom. The molecule has 0 radical (unpaired) electrons. The molecule has 0 bridgehead atoms. The van der Waals surface area contributed by atoms with Gasteiger partial charge < -0.3 is 19.6 Å². The van der Waals surface area contributed by atoms with Gasteiger partial charge in [0.25, 0.3) is 5.91 Å². The van der Waals surface area contributed by atoms with Crippen molar-refractivity contribution >= 4 is 23.0 Å². The number of carboxylic acid groups (broad SMARTS) is 1. The van der Waals surface area contributed by atoms with Crippen molar-refractivity contribution in [2.24, 2.45) is 4.99 Å². The number of amides is 2. The molecule has 0 unspecified atom stereocenters. The maximum absolute atomic E-state index is 13.0. The second-order valence-electron chi connectivity index (χ2n) is 8.91. The highest BCUT2D eigenvalue weighted by Gasteiger charge is 2.22. The number of carbonyl (C=O) groups is 2. The smallest absolute Gasteiger partial charge is 0.434 e. The number of imidazole rings is 1. The monoisotopic (exact) mass is 488 g/mol. The first kappa shape index (κ1) is 24.9. The summed E-state index contributed by atoms with van der Waals surface area (Å²) in [6, 6.07) is 23.2. The third kappa shape index (κ3) is 5.71. The highest BCUT2D eigenvalue weighted by atomic mass is 19.1. The van der Waals surface area contributed by atoms with Gasteiger partial charge in [0.05, 0.1) is 23.6 Å². The van der Waals surface area contributed by atoms with E-state index in [9.17, 15) is 19.1 Å². The van der Waals surface area contributed by atoms with Crippen LogP contribution in [0.4, 0.5) is 9.18 Å². The van der Waals surface area contributed by atoms with Crippen LogP contribution in [-0.2, 0) is 17.8 Å². The van der Waals surface area contributed by atoms with E-state index in [4.69, 9.17) is 0 Å². The highest BCUT2D eigenvalue weighted by molar-refractivity contribution is 5.78. The number of alkyl halides is 1. The molecular formula is C28H29FN4O3. The third-order valence-corrected chi connectivity index (χ3v) is 6.16. The van der Waals surface area contributed by atoms with Gasteiger partial charge in [0.2, 0.25) is 5.62 Å². The molecule has 0 aliphatic rings. The molecule has 4 aromatic rings. The van der Waals surface area contributed by atoms with Crippen molar-refractivity contribution in [2.45, 2.75) is 32.9 Å². The Labute approximate surface area is 208 Å². The minimum absolute atomic E-state index is 0.113. The standard InChI is InChI=1S/C28H29FN4O3/c1-19-7-11-21(12-8-19)15-23(17-30-26(34)16-29)33-25-6-4-3-5-24(25)32(27(33)31-28(35)36)18-22-13-9-20(2)10-14-22/h3-14,23H,15-18H2,1-2H3,(H,30,34)(H,35,36)/b31-27+/t23-/m0/s1. The average molecular weight is 489 g/mol. The van der Waals surface area contributed by atoms with E-state index in [1.54, 1.807) is 0 Å². The quantitative estimate of drug-likeness (QED) is 0.381. The molecule has 2 N–H and O–H groups in total. The molecule has 0 saturated heterocycles. The zero-order valence-corrected chi connectivity index (χ0v) is 20.3. The van der Waals surface area contributed by atoms with Crippen LogP contribution in [0.25, 0.3) is 11.0 Å². The van der Waals surface area contributed by atoms with Crippen LogP contribution in [0.15, 0.2) is 77.8 Å². The third-order valence-electron chi connectivity index (χ3n) is 6.16. The van der Waals surface area contributed by atoms with Crippen molar-refractivity contribution in [3.63, 3.8) is 0 Å². The van der Waals surface area contributed by atoms with E-state index in [1.165, 1.54) is 0 Å². The van der Waals surface area contributed by atoms with Crippen LogP contribution < -0.4 is 10.9 Å². The van der Waals surface area contributed by atoms with Crippen LogP contribution in [0, 0.1) is 13.8 Å². The van der Waals surface area contributed by atoms with Gasteiger partial charge in [-0.25, -0.2) is 9.18 Å². The SMILES string of the molecule is Cc1ccc(C[C@@H](CNC(=O)CF)n2/c(=N/C(=O)O)n(Cc3ccc(C)cc3)c3ccccc32)cc1. The van der Waals surface area contributed by atoms with Crippen molar-refractivity contribution in [3.8, 4) is 0 Å². The van der Waals surface area contributed by atoms with E-state index in [-0.39, 0.29) is 12.2 Å². The molecule has 7 nitrogen and oxygen atoms in total. The second kappa shape index (κ2) is 11.0. The molecule has 8 heteroatoms. The fraction of sp³-hybridized carbons (Fsp3) is 0.250. The molecule has 0 fully saturated rings. The summed E-state index contributed by atoms with van der Waals surface area (Å²) < 4.78 is 16.7. The molecule has 36 heavy (non-hydrogen) atoms. The Balaban J connectivity index is 1.90. The van der Waals surface area contributed by atoms with Crippen molar-refractivity contribution in [1.29, 1.82) is 0 Å². The van der Waals surface area contributed by atoms with Crippen LogP contribution in [0.2, 0.25) is 0 Å². The number of para-hydroxylation sites is 2. The summed E-state index contributed by atoms with van der Waals surface area (Å²) in [5.41, 5.74) is 6.07. The van der Waals surface area contributed by atoms with Crippen molar-refractivity contribution in [3.05, 3.63) is 101 Å². The summed E-state index contributed by atoms with van der Waals surface area (Å²) in [5, 5.41) is 12.3. The number of aromatic nitrogens is 2. The summed E-state index contributed by atoms with van der Waals surface area (Å²) in [7, 11) is 0. The normalized spacial score (nSPS) is 12.6. The molecule has 4 rings (SSSR count). The Bertz CT molecular complexity index is 1440. The zero-order chi connectivity index (χ0) is 25.7. The summed E-state index contributed by atoms with van der Waals surface area (Å²) >= 11 is 0. The second-order valence-corrected chi connectivity index (χ2v) is 8.91. The number of hydrogen-bond donors (Lipinski definition) is 2. The molecule has 1 atom stereocenters. The molecule has 1 aromatic heterocycles. The van der Waals surface area contributed by atoms with E-state index >= 15 is 0 Å². The number of nitrogens with zero attached hydrogens (tertiary/aromatic N) is 3. The Morgan fingerprint density at radius 1 is 0.917 bits per heavy atom.